The molecular weight excluding hydrogens is 242 g/mol. The van der Waals surface area contributed by atoms with Gasteiger partial charge in [-0.05, 0) is 12.8 Å². The fourth-order valence-electron chi connectivity index (χ4n) is 2.04. The third kappa shape index (κ3) is 5.37. The van der Waals surface area contributed by atoms with Crippen molar-refractivity contribution in [3.05, 3.63) is 0 Å². The molecule has 3 N–H and O–H groups in total. The van der Waals surface area contributed by atoms with E-state index >= 15 is 0 Å². The minimum Gasteiger partial charge on any atom is -0.346 e. The molecule has 0 saturated heterocycles. The number of carbonyl (C=O) groups is 2. The maximum atomic E-state index is 11.7. The molecule has 0 aliphatic heterocycles. The van der Waals surface area contributed by atoms with Gasteiger partial charge in [-0.25, -0.2) is 0 Å². The van der Waals surface area contributed by atoms with Crippen molar-refractivity contribution < 1.29 is 9.59 Å². The molecule has 0 aromatic rings. The molecule has 1 fully saturated rings. The van der Waals surface area contributed by atoms with E-state index in [1.54, 1.807) is 4.90 Å². The van der Waals surface area contributed by atoms with E-state index in [1.165, 1.54) is 19.3 Å². The molecule has 5 nitrogen and oxygen atoms in total. The Morgan fingerprint density at radius 1 is 1.29 bits per heavy atom. The smallest absolute Gasteiger partial charge is 0.241 e. The zero-order chi connectivity index (χ0) is 12.0. The van der Waals surface area contributed by atoms with Crippen molar-refractivity contribution in [3.8, 4) is 0 Å². The van der Waals surface area contributed by atoms with Gasteiger partial charge in [0.05, 0.1) is 13.1 Å². The van der Waals surface area contributed by atoms with Crippen LogP contribution in [0, 0.1) is 0 Å². The summed E-state index contributed by atoms with van der Waals surface area (Å²) in [6.45, 7) is -0.0105. The minimum atomic E-state index is -0.287. The van der Waals surface area contributed by atoms with Gasteiger partial charge >= 0.3 is 0 Å². The van der Waals surface area contributed by atoms with Gasteiger partial charge in [0.1, 0.15) is 0 Å². The summed E-state index contributed by atoms with van der Waals surface area (Å²) < 4.78 is 0. The Morgan fingerprint density at radius 3 is 2.41 bits per heavy atom. The topological polar surface area (TPSA) is 75.4 Å². The SMILES string of the molecule is CN(C(=O)CNC(=O)CN)C1CCCCC1.Cl. The van der Waals surface area contributed by atoms with Crippen molar-refractivity contribution in [3.63, 3.8) is 0 Å². The molecular formula is C11H22ClN3O2. The van der Waals surface area contributed by atoms with Crippen LogP contribution in [-0.4, -0.2) is 42.9 Å². The first-order chi connectivity index (χ1) is 7.65. The van der Waals surface area contributed by atoms with E-state index in [0.717, 1.165) is 12.8 Å². The Hall–Kier alpha value is -0.810. The molecule has 0 radical (unpaired) electrons. The fraction of sp³-hybridized carbons (Fsp3) is 0.818. The van der Waals surface area contributed by atoms with Crippen LogP contribution in [0.2, 0.25) is 0 Å². The summed E-state index contributed by atoms with van der Waals surface area (Å²) >= 11 is 0. The molecule has 17 heavy (non-hydrogen) atoms. The van der Waals surface area contributed by atoms with Crippen LogP contribution in [0.25, 0.3) is 0 Å². The number of nitrogens with two attached hydrogens (primary N) is 1. The Labute approximate surface area is 109 Å². The number of halogens is 1. The summed E-state index contributed by atoms with van der Waals surface area (Å²) in [6.07, 6.45) is 5.80. The van der Waals surface area contributed by atoms with Crippen LogP contribution < -0.4 is 11.1 Å². The molecule has 100 valence electrons. The van der Waals surface area contributed by atoms with Crippen LogP contribution in [0.15, 0.2) is 0 Å². The van der Waals surface area contributed by atoms with Crippen LogP contribution in [0.5, 0.6) is 0 Å². The van der Waals surface area contributed by atoms with Crippen LogP contribution in [-0.2, 0) is 9.59 Å². The first kappa shape index (κ1) is 16.2. The first-order valence-electron chi connectivity index (χ1n) is 5.87. The number of nitrogens with zero attached hydrogens (tertiary/aromatic N) is 1. The summed E-state index contributed by atoms with van der Waals surface area (Å²) in [5, 5.41) is 2.50. The summed E-state index contributed by atoms with van der Waals surface area (Å²) in [7, 11) is 1.81. The van der Waals surface area contributed by atoms with E-state index in [1.807, 2.05) is 7.05 Å². The average Bonchev–Trinajstić information content (AvgIpc) is 2.35. The third-order valence-electron chi connectivity index (χ3n) is 3.14. The maximum absolute atomic E-state index is 11.7. The Balaban J connectivity index is 0.00000256. The molecule has 0 spiro atoms. The van der Waals surface area contributed by atoms with E-state index < -0.39 is 0 Å². The van der Waals surface area contributed by atoms with E-state index in [9.17, 15) is 9.59 Å². The van der Waals surface area contributed by atoms with Gasteiger partial charge in [0.15, 0.2) is 0 Å². The van der Waals surface area contributed by atoms with Gasteiger partial charge in [-0.15, -0.1) is 12.4 Å². The molecule has 0 unspecified atom stereocenters. The number of hydrogen-bond donors (Lipinski definition) is 2. The second-order valence-corrected chi connectivity index (χ2v) is 4.28. The number of rotatable bonds is 4. The Kier molecular flexibility index (Phi) is 7.91. The van der Waals surface area contributed by atoms with Crippen molar-refractivity contribution in [1.82, 2.24) is 10.2 Å². The largest absolute Gasteiger partial charge is 0.346 e. The number of carbonyl (C=O) groups excluding carboxylic acids is 2. The second kappa shape index (κ2) is 8.31. The molecule has 0 aromatic heterocycles. The zero-order valence-corrected chi connectivity index (χ0v) is 11.1. The predicted molar refractivity (Wildman–Crippen MR) is 69.0 cm³/mol. The van der Waals surface area contributed by atoms with Crippen LogP contribution in [0.3, 0.4) is 0 Å². The summed E-state index contributed by atoms with van der Waals surface area (Å²) in [4.78, 5) is 24.4. The fourth-order valence-corrected chi connectivity index (χ4v) is 2.04. The van der Waals surface area contributed by atoms with E-state index in [2.05, 4.69) is 5.32 Å². The van der Waals surface area contributed by atoms with Crippen LogP contribution >= 0.6 is 12.4 Å². The van der Waals surface area contributed by atoms with Crippen LogP contribution in [0.4, 0.5) is 0 Å². The lowest BCUT2D eigenvalue weighted by Crippen LogP contribution is -2.45. The quantitative estimate of drug-likeness (QED) is 0.765. The first-order valence-corrected chi connectivity index (χ1v) is 5.87. The van der Waals surface area contributed by atoms with Gasteiger partial charge in [-0.1, -0.05) is 19.3 Å². The number of likely N-dealkylation sites (N-methyl/N-ethyl adjacent to an activating group) is 1. The van der Waals surface area contributed by atoms with Crippen molar-refractivity contribution in [1.29, 1.82) is 0 Å². The second-order valence-electron chi connectivity index (χ2n) is 4.28. The number of amides is 2. The normalized spacial score (nSPS) is 15.9. The maximum Gasteiger partial charge on any atom is 0.241 e. The van der Waals surface area contributed by atoms with E-state index in [0.29, 0.717) is 6.04 Å². The highest BCUT2D eigenvalue weighted by atomic mass is 35.5. The molecule has 1 rings (SSSR count). The highest BCUT2D eigenvalue weighted by Crippen LogP contribution is 2.21. The van der Waals surface area contributed by atoms with Crippen molar-refractivity contribution in [2.75, 3.05) is 20.1 Å². The molecule has 0 bridgehead atoms. The summed E-state index contributed by atoms with van der Waals surface area (Å²) in [5.41, 5.74) is 5.14. The Morgan fingerprint density at radius 2 is 1.88 bits per heavy atom. The summed E-state index contributed by atoms with van der Waals surface area (Å²) in [6, 6.07) is 0.344. The van der Waals surface area contributed by atoms with Crippen molar-refractivity contribution in [2.24, 2.45) is 5.73 Å². The van der Waals surface area contributed by atoms with Gasteiger partial charge in [0, 0.05) is 13.1 Å². The lowest BCUT2D eigenvalue weighted by Gasteiger charge is -2.31. The molecule has 0 heterocycles. The van der Waals surface area contributed by atoms with Gasteiger partial charge in [-0.3, -0.25) is 9.59 Å². The van der Waals surface area contributed by atoms with Crippen LogP contribution in [0.1, 0.15) is 32.1 Å². The van der Waals surface area contributed by atoms with Gasteiger partial charge < -0.3 is 16.0 Å². The Bertz CT molecular complexity index is 255. The molecule has 0 atom stereocenters. The van der Waals surface area contributed by atoms with Crippen molar-refractivity contribution in [2.45, 2.75) is 38.1 Å². The van der Waals surface area contributed by atoms with E-state index in [4.69, 9.17) is 5.73 Å². The molecule has 2 amide bonds. The minimum absolute atomic E-state index is 0. The third-order valence-corrected chi connectivity index (χ3v) is 3.14. The molecule has 1 saturated carbocycles. The van der Waals surface area contributed by atoms with Gasteiger partial charge in [0.25, 0.3) is 0 Å². The lowest BCUT2D eigenvalue weighted by molar-refractivity contribution is -0.133. The van der Waals surface area contributed by atoms with Crippen molar-refractivity contribution >= 4 is 24.2 Å². The average molecular weight is 264 g/mol. The molecule has 6 heteroatoms. The summed E-state index contributed by atoms with van der Waals surface area (Å²) in [5.74, 6) is -0.320. The zero-order valence-electron chi connectivity index (χ0n) is 10.3. The molecule has 1 aliphatic rings. The lowest BCUT2D eigenvalue weighted by atomic mass is 9.94. The highest BCUT2D eigenvalue weighted by molar-refractivity contribution is 5.85. The number of nitrogens with one attached hydrogen (secondary N) is 1. The predicted octanol–water partition coefficient (Wildman–Crippen LogP) is 0.274. The van der Waals surface area contributed by atoms with Gasteiger partial charge in [-0.2, -0.15) is 0 Å². The molecule has 0 aromatic carbocycles. The van der Waals surface area contributed by atoms with E-state index in [-0.39, 0.29) is 37.3 Å². The standard InChI is InChI=1S/C11H21N3O2.ClH/c1-14(9-5-3-2-4-6-9)11(16)8-13-10(15)7-12;/h9H,2-8,12H2,1H3,(H,13,15);1H. The number of hydrogen-bond acceptors (Lipinski definition) is 3. The monoisotopic (exact) mass is 263 g/mol. The molecule has 1 aliphatic carbocycles. The highest BCUT2D eigenvalue weighted by Gasteiger charge is 2.21. The van der Waals surface area contributed by atoms with Gasteiger partial charge in [0.2, 0.25) is 11.8 Å².